The zero-order valence-electron chi connectivity index (χ0n) is 20.8. The standard InChI is InChI=1S/C30H36O5/c1-3-8-21(20-31)13-14-23-11-7-12-26(22-9-5-4-6-10-22)27-19-29(34)30(35-2)17-24(27)15-16-25(32)18-28(23)33/h4-6,9-10,17,19,21,23,26,31,34H,3,8,11,13-16,18,20H2,1-2H3. The zero-order chi connectivity index (χ0) is 25.2. The van der Waals surface area contributed by atoms with Crippen LogP contribution in [0.1, 0.15) is 74.5 Å². The molecule has 0 aliphatic heterocycles. The van der Waals surface area contributed by atoms with Gasteiger partial charge in [-0.25, -0.2) is 0 Å². The number of carbonyl (C=O) groups excluding carboxylic acids is 2. The Morgan fingerprint density at radius 3 is 2.57 bits per heavy atom. The molecular formula is C30H36O5. The van der Waals surface area contributed by atoms with E-state index in [-0.39, 0.29) is 54.5 Å². The highest BCUT2D eigenvalue weighted by Crippen LogP contribution is 2.36. The largest absolute Gasteiger partial charge is 0.504 e. The van der Waals surface area contributed by atoms with Crippen LogP contribution in [0, 0.1) is 23.7 Å². The van der Waals surface area contributed by atoms with Gasteiger partial charge in [0, 0.05) is 25.4 Å². The Kier molecular flexibility index (Phi) is 9.93. The van der Waals surface area contributed by atoms with Crippen molar-refractivity contribution >= 4 is 11.6 Å². The highest BCUT2D eigenvalue weighted by atomic mass is 16.5. The Morgan fingerprint density at radius 1 is 1.11 bits per heavy atom. The van der Waals surface area contributed by atoms with Gasteiger partial charge < -0.3 is 14.9 Å². The summed E-state index contributed by atoms with van der Waals surface area (Å²) in [7, 11) is 1.50. The van der Waals surface area contributed by atoms with E-state index in [0.29, 0.717) is 25.0 Å². The molecule has 0 bridgehead atoms. The number of methoxy groups -OCH3 is 1. The fourth-order valence-electron chi connectivity index (χ4n) is 4.80. The molecule has 5 heteroatoms. The number of ether oxygens (including phenoxy) is 1. The third-order valence-electron chi connectivity index (χ3n) is 6.86. The number of Topliss-reactive ketones (excluding diaryl/α,β-unsaturated/α-hetero) is 2. The molecule has 1 aliphatic carbocycles. The van der Waals surface area contributed by atoms with Crippen LogP contribution in [0.2, 0.25) is 0 Å². The number of fused-ring (bicyclic) bond motifs is 1. The molecule has 0 heterocycles. The van der Waals surface area contributed by atoms with E-state index in [1.54, 1.807) is 12.1 Å². The van der Waals surface area contributed by atoms with E-state index in [2.05, 4.69) is 18.8 Å². The van der Waals surface area contributed by atoms with E-state index in [9.17, 15) is 19.8 Å². The average molecular weight is 477 g/mol. The second-order valence-corrected chi connectivity index (χ2v) is 9.39. The number of benzene rings is 2. The van der Waals surface area contributed by atoms with Crippen LogP contribution in [0.15, 0.2) is 42.5 Å². The van der Waals surface area contributed by atoms with Gasteiger partial charge in [-0.2, -0.15) is 0 Å². The number of phenols is 1. The first kappa shape index (κ1) is 26.5. The normalized spacial score (nSPS) is 19.5. The van der Waals surface area contributed by atoms with Gasteiger partial charge in [0.15, 0.2) is 11.5 Å². The number of carbonyl (C=O) groups is 2. The molecule has 186 valence electrons. The topological polar surface area (TPSA) is 83.8 Å². The van der Waals surface area contributed by atoms with E-state index < -0.39 is 0 Å². The van der Waals surface area contributed by atoms with E-state index in [0.717, 1.165) is 36.0 Å². The van der Waals surface area contributed by atoms with Gasteiger partial charge in [0.25, 0.3) is 0 Å². The van der Waals surface area contributed by atoms with Crippen molar-refractivity contribution in [3.8, 4) is 23.3 Å². The summed E-state index contributed by atoms with van der Waals surface area (Å²) in [5, 5.41) is 20.2. The summed E-state index contributed by atoms with van der Waals surface area (Å²) < 4.78 is 5.31. The lowest BCUT2D eigenvalue weighted by Crippen LogP contribution is -2.20. The van der Waals surface area contributed by atoms with Gasteiger partial charge in [-0.05, 0) is 60.4 Å². The van der Waals surface area contributed by atoms with Crippen molar-refractivity contribution in [1.82, 2.24) is 0 Å². The summed E-state index contributed by atoms with van der Waals surface area (Å²) in [5.74, 6) is 6.40. The van der Waals surface area contributed by atoms with Gasteiger partial charge >= 0.3 is 0 Å². The van der Waals surface area contributed by atoms with Gasteiger partial charge in [0.05, 0.1) is 19.4 Å². The van der Waals surface area contributed by atoms with Crippen LogP contribution in [0.4, 0.5) is 0 Å². The highest BCUT2D eigenvalue weighted by Gasteiger charge is 2.24. The maximum Gasteiger partial charge on any atom is 0.160 e. The lowest BCUT2D eigenvalue weighted by molar-refractivity contribution is -0.129. The average Bonchev–Trinajstić information content (AvgIpc) is 2.86. The number of phenolic OH excluding ortho intramolecular Hbond substituents is 1. The predicted molar refractivity (Wildman–Crippen MR) is 136 cm³/mol. The minimum absolute atomic E-state index is 0.0337. The maximum absolute atomic E-state index is 13.0. The summed E-state index contributed by atoms with van der Waals surface area (Å²) in [4.78, 5) is 25.8. The predicted octanol–water partition coefficient (Wildman–Crippen LogP) is 5.21. The fourth-order valence-corrected chi connectivity index (χ4v) is 4.80. The molecule has 5 nitrogen and oxygen atoms in total. The number of aliphatic hydroxyl groups is 1. The molecule has 3 unspecified atom stereocenters. The SMILES string of the molecule is CCCC(CO)CCC1CC#CC(c2ccccc2)c2cc(O)c(OC)cc2CCC(=O)CC1=O. The summed E-state index contributed by atoms with van der Waals surface area (Å²) in [6.45, 7) is 2.20. The molecule has 0 saturated heterocycles. The number of hydrogen-bond acceptors (Lipinski definition) is 5. The Labute approximate surface area is 208 Å². The fraction of sp³-hybridized carbons (Fsp3) is 0.467. The number of ketones is 2. The lowest BCUT2D eigenvalue weighted by atomic mass is 9.83. The van der Waals surface area contributed by atoms with Crippen molar-refractivity contribution < 1.29 is 24.5 Å². The monoisotopic (exact) mass is 476 g/mol. The molecule has 2 aromatic rings. The number of rotatable bonds is 8. The Morgan fingerprint density at radius 2 is 1.89 bits per heavy atom. The molecule has 3 rings (SSSR count). The summed E-state index contributed by atoms with van der Waals surface area (Å²) in [6, 6.07) is 13.3. The first-order valence-corrected chi connectivity index (χ1v) is 12.5. The Bertz CT molecular complexity index is 1060. The molecule has 35 heavy (non-hydrogen) atoms. The Balaban J connectivity index is 2.00. The molecule has 3 atom stereocenters. The number of aryl methyl sites for hydroxylation is 1. The molecule has 2 N–H and O–H groups in total. The Hall–Kier alpha value is -3.10. The van der Waals surface area contributed by atoms with Crippen LogP contribution in [0.25, 0.3) is 0 Å². The second-order valence-electron chi connectivity index (χ2n) is 9.39. The summed E-state index contributed by atoms with van der Waals surface area (Å²) in [6.07, 6.45) is 4.24. The molecule has 0 radical (unpaired) electrons. The quantitative estimate of drug-likeness (QED) is 0.404. The van der Waals surface area contributed by atoms with Crippen LogP contribution in [0.5, 0.6) is 11.5 Å². The molecule has 0 spiro atoms. The molecule has 0 aromatic heterocycles. The van der Waals surface area contributed by atoms with Gasteiger partial charge in [-0.1, -0.05) is 49.6 Å². The summed E-state index contributed by atoms with van der Waals surface area (Å²) in [5.41, 5.74) is 2.72. The van der Waals surface area contributed by atoms with Crippen molar-refractivity contribution in [1.29, 1.82) is 0 Å². The molecule has 0 fully saturated rings. The van der Waals surface area contributed by atoms with Crippen LogP contribution < -0.4 is 4.74 Å². The smallest absolute Gasteiger partial charge is 0.160 e. The van der Waals surface area contributed by atoms with Crippen LogP contribution >= 0.6 is 0 Å². The van der Waals surface area contributed by atoms with E-state index in [1.165, 1.54) is 7.11 Å². The maximum atomic E-state index is 13.0. The van der Waals surface area contributed by atoms with Crippen LogP contribution in [-0.2, 0) is 16.0 Å². The van der Waals surface area contributed by atoms with E-state index >= 15 is 0 Å². The summed E-state index contributed by atoms with van der Waals surface area (Å²) >= 11 is 0. The van der Waals surface area contributed by atoms with Gasteiger partial charge in [0.2, 0.25) is 0 Å². The van der Waals surface area contributed by atoms with Gasteiger partial charge in [0.1, 0.15) is 11.6 Å². The van der Waals surface area contributed by atoms with Crippen molar-refractivity contribution in [2.24, 2.45) is 11.8 Å². The highest BCUT2D eigenvalue weighted by molar-refractivity contribution is 6.00. The van der Waals surface area contributed by atoms with Gasteiger partial charge in [-0.15, -0.1) is 5.92 Å². The van der Waals surface area contributed by atoms with E-state index in [4.69, 9.17) is 4.74 Å². The number of hydrogen-bond donors (Lipinski definition) is 2. The van der Waals surface area contributed by atoms with Crippen molar-refractivity contribution in [3.63, 3.8) is 0 Å². The zero-order valence-corrected chi connectivity index (χ0v) is 20.8. The van der Waals surface area contributed by atoms with Crippen LogP contribution in [0.3, 0.4) is 0 Å². The van der Waals surface area contributed by atoms with Crippen molar-refractivity contribution in [2.45, 2.75) is 64.2 Å². The lowest BCUT2D eigenvalue weighted by Gasteiger charge is -2.20. The second kappa shape index (κ2) is 13.1. The molecule has 0 amide bonds. The van der Waals surface area contributed by atoms with Crippen molar-refractivity contribution in [2.75, 3.05) is 13.7 Å². The van der Waals surface area contributed by atoms with E-state index in [1.807, 2.05) is 30.3 Å². The molecular weight excluding hydrogens is 440 g/mol. The molecule has 0 saturated carbocycles. The number of aromatic hydroxyl groups is 1. The third kappa shape index (κ3) is 7.19. The first-order valence-electron chi connectivity index (χ1n) is 12.5. The molecule has 2 aromatic carbocycles. The molecule has 1 aliphatic rings. The minimum atomic E-state index is -0.322. The van der Waals surface area contributed by atoms with Crippen molar-refractivity contribution in [3.05, 3.63) is 59.2 Å². The van der Waals surface area contributed by atoms with Gasteiger partial charge in [-0.3, -0.25) is 9.59 Å². The minimum Gasteiger partial charge on any atom is -0.504 e. The first-order chi connectivity index (χ1) is 17.0. The number of aliphatic hydroxyl groups excluding tert-OH is 1. The third-order valence-corrected chi connectivity index (χ3v) is 6.86. The van der Waals surface area contributed by atoms with Crippen LogP contribution in [-0.4, -0.2) is 35.5 Å².